The number of hydrogen-bond acceptors (Lipinski definition) is 6. The number of benzene rings is 1. The molecule has 0 saturated heterocycles. The molecule has 0 atom stereocenters. The van der Waals surface area contributed by atoms with Gasteiger partial charge in [0.25, 0.3) is 5.91 Å². The zero-order valence-electron chi connectivity index (χ0n) is 13.3. The number of ether oxygens (including phenoxy) is 1. The van der Waals surface area contributed by atoms with Gasteiger partial charge < -0.3 is 25.4 Å². The molecule has 0 spiro atoms. The van der Waals surface area contributed by atoms with E-state index in [0.29, 0.717) is 16.5 Å². The molecule has 8 heteroatoms. The van der Waals surface area contributed by atoms with Crippen molar-refractivity contribution in [2.24, 2.45) is 0 Å². The number of nitrogens with zero attached hydrogens (tertiary/aromatic N) is 1. The molecular weight excluding hydrogens is 336 g/mol. The highest BCUT2D eigenvalue weighted by atomic mass is 35.5. The van der Waals surface area contributed by atoms with Crippen LogP contribution in [0.15, 0.2) is 18.2 Å². The second-order valence-electron chi connectivity index (χ2n) is 5.51. The summed E-state index contributed by atoms with van der Waals surface area (Å²) >= 11 is 6.10. The molecular formula is C16H19ClN2O5. The number of aliphatic hydroxyl groups excluding tert-OH is 2. The van der Waals surface area contributed by atoms with Crippen LogP contribution in [0.25, 0.3) is 10.8 Å². The number of aromatic hydroxyl groups is 1. The standard InChI is InChI=1S/C16H19ClN2O5/c1-8(2)24-10-3-4-11-12(5-10)14(22)13(19-15(11)17)16(23)18-9(6-20)7-21/h3-5,8-9,20-22H,6-7H2,1-2H3,(H,18,23). The molecule has 2 aromatic rings. The quantitative estimate of drug-likeness (QED) is 0.584. The first-order valence-electron chi connectivity index (χ1n) is 7.38. The number of carbonyl (C=O) groups excluding carboxylic acids is 1. The minimum Gasteiger partial charge on any atom is -0.505 e. The molecule has 1 heterocycles. The van der Waals surface area contributed by atoms with Crippen molar-refractivity contribution in [3.63, 3.8) is 0 Å². The van der Waals surface area contributed by atoms with Gasteiger partial charge >= 0.3 is 0 Å². The minimum absolute atomic E-state index is 0.0496. The maximum atomic E-state index is 12.2. The summed E-state index contributed by atoms with van der Waals surface area (Å²) in [7, 11) is 0. The van der Waals surface area contributed by atoms with E-state index >= 15 is 0 Å². The summed E-state index contributed by atoms with van der Waals surface area (Å²) < 4.78 is 5.58. The van der Waals surface area contributed by atoms with Crippen molar-refractivity contribution in [3.8, 4) is 11.5 Å². The highest BCUT2D eigenvalue weighted by Gasteiger charge is 2.21. The van der Waals surface area contributed by atoms with Crippen LogP contribution >= 0.6 is 11.6 Å². The van der Waals surface area contributed by atoms with Crippen LogP contribution in [0.2, 0.25) is 5.15 Å². The smallest absolute Gasteiger partial charge is 0.274 e. The van der Waals surface area contributed by atoms with E-state index in [-0.39, 0.29) is 22.7 Å². The fraction of sp³-hybridized carbons (Fsp3) is 0.375. The van der Waals surface area contributed by atoms with Crippen LogP contribution in [0.1, 0.15) is 24.3 Å². The Balaban J connectivity index is 2.48. The molecule has 0 saturated carbocycles. The van der Waals surface area contributed by atoms with E-state index in [9.17, 15) is 9.90 Å². The lowest BCUT2D eigenvalue weighted by molar-refractivity contribution is 0.0871. The highest BCUT2D eigenvalue weighted by molar-refractivity contribution is 6.35. The zero-order valence-corrected chi connectivity index (χ0v) is 14.0. The van der Waals surface area contributed by atoms with Gasteiger partial charge in [0, 0.05) is 10.8 Å². The summed E-state index contributed by atoms with van der Waals surface area (Å²) in [5.41, 5.74) is -0.291. The van der Waals surface area contributed by atoms with Gasteiger partial charge in [-0.3, -0.25) is 4.79 Å². The zero-order chi connectivity index (χ0) is 17.9. The third-order valence-electron chi connectivity index (χ3n) is 3.27. The molecule has 130 valence electrons. The van der Waals surface area contributed by atoms with Gasteiger partial charge in [0.15, 0.2) is 11.4 Å². The van der Waals surface area contributed by atoms with Crippen LogP contribution in [0.4, 0.5) is 0 Å². The average Bonchev–Trinajstić information content (AvgIpc) is 2.55. The van der Waals surface area contributed by atoms with Crippen LogP contribution in [0.5, 0.6) is 11.5 Å². The summed E-state index contributed by atoms with van der Waals surface area (Å²) in [4.78, 5) is 16.1. The minimum atomic E-state index is -0.858. The van der Waals surface area contributed by atoms with Crippen LogP contribution in [-0.4, -0.2) is 51.6 Å². The Labute approximate surface area is 143 Å². The second-order valence-corrected chi connectivity index (χ2v) is 5.87. The molecule has 7 nitrogen and oxygen atoms in total. The van der Waals surface area contributed by atoms with Gasteiger partial charge in [0.05, 0.1) is 25.4 Å². The van der Waals surface area contributed by atoms with E-state index in [2.05, 4.69) is 10.3 Å². The Morgan fingerprint density at radius 2 is 1.96 bits per heavy atom. The van der Waals surface area contributed by atoms with Gasteiger partial charge in [-0.15, -0.1) is 0 Å². The molecule has 0 aliphatic carbocycles. The summed E-state index contributed by atoms with van der Waals surface area (Å²) in [6.45, 7) is 2.84. The van der Waals surface area contributed by atoms with Crippen molar-refractivity contribution < 1.29 is 24.9 Å². The lowest BCUT2D eigenvalue weighted by Gasteiger charge is -2.15. The van der Waals surface area contributed by atoms with Crippen LogP contribution < -0.4 is 10.1 Å². The topological polar surface area (TPSA) is 112 Å². The molecule has 0 unspecified atom stereocenters. The van der Waals surface area contributed by atoms with Gasteiger partial charge in [-0.25, -0.2) is 4.98 Å². The number of fused-ring (bicyclic) bond motifs is 1. The monoisotopic (exact) mass is 354 g/mol. The molecule has 1 amide bonds. The van der Waals surface area contributed by atoms with Gasteiger partial charge in [0.2, 0.25) is 0 Å². The van der Waals surface area contributed by atoms with Crippen LogP contribution in [0.3, 0.4) is 0 Å². The number of pyridine rings is 1. The first-order valence-corrected chi connectivity index (χ1v) is 7.76. The van der Waals surface area contributed by atoms with Crippen molar-refractivity contribution >= 4 is 28.3 Å². The van der Waals surface area contributed by atoms with Crippen molar-refractivity contribution in [2.45, 2.75) is 26.0 Å². The Kier molecular flexibility index (Phi) is 5.82. The summed E-state index contributed by atoms with van der Waals surface area (Å²) in [5.74, 6) is -0.583. The molecule has 1 aromatic heterocycles. The third-order valence-corrected chi connectivity index (χ3v) is 3.55. The fourth-order valence-corrected chi connectivity index (χ4v) is 2.39. The number of carbonyl (C=O) groups is 1. The summed E-state index contributed by atoms with van der Waals surface area (Å²) in [6, 6.07) is 4.06. The number of amides is 1. The number of hydrogen-bond donors (Lipinski definition) is 4. The van der Waals surface area contributed by atoms with Crippen molar-refractivity contribution in [1.29, 1.82) is 0 Å². The number of aromatic nitrogens is 1. The maximum absolute atomic E-state index is 12.2. The molecule has 1 aromatic carbocycles. The second kappa shape index (κ2) is 7.65. The van der Waals surface area contributed by atoms with E-state index < -0.39 is 25.2 Å². The number of nitrogens with one attached hydrogen (secondary N) is 1. The predicted octanol–water partition coefficient (Wildman–Crippen LogP) is 1.46. The molecule has 0 fully saturated rings. The largest absolute Gasteiger partial charge is 0.505 e. The molecule has 0 aliphatic rings. The first kappa shape index (κ1) is 18.3. The van der Waals surface area contributed by atoms with Gasteiger partial charge in [-0.05, 0) is 32.0 Å². The van der Waals surface area contributed by atoms with Crippen molar-refractivity contribution in [3.05, 3.63) is 29.0 Å². The summed E-state index contributed by atoms with van der Waals surface area (Å²) in [5, 5.41) is 31.7. The fourth-order valence-electron chi connectivity index (χ4n) is 2.14. The maximum Gasteiger partial charge on any atom is 0.274 e. The van der Waals surface area contributed by atoms with Crippen molar-refractivity contribution in [2.75, 3.05) is 13.2 Å². The molecule has 24 heavy (non-hydrogen) atoms. The number of rotatable bonds is 6. The number of halogens is 1. The Morgan fingerprint density at radius 3 is 2.54 bits per heavy atom. The van der Waals surface area contributed by atoms with E-state index in [0.717, 1.165) is 0 Å². The van der Waals surface area contributed by atoms with Crippen molar-refractivity contribution in [1.82, 2.24) is 10.3 Å². The predicted molar refractivity (Wildman–Crippen MR) is 89.6 cm³/mol. The lowest BCUT2D eigenvalue weighted by atomic mass is 10.1. The normalized spacial score (nSPS) is 11.3. The molecule has 0 aliphatic heterocycles. The van der Waals surface area contributed by atoms with Gasteiger partial charge in [0.1, 0.15) is 10.9 Å². The van der Waals surface area contributed by atoms with E-state index in [1.807, 2.05) is 13.8 Å². The van der Waals surface area contributed by atoms with E-state index in [1.165, 1.54) is 0 Å². The lowest BCUT2D eigenvalue weighted by Crippen LogP contribution is -2.40. The Bertz CT molecular complexity index is 747. The molecule has 4 N–H and O–H groups in total. The SMILES string of the molecule is CC(C)Oc1ccc2c(Cl)nc(C(=O)NC(CO)CO)c(O)c2c1. The number of aliphatic hydroxyl groups is 2. The summed E-state index contributed by atoms with van der Waals surface area (Å²) in [6.07, 6.45) is -0.0560. The first-order chi connectivity index (χ1) is 11.4. The van der Waals surface area contributed by atoms with E-state index in [1.54, 1.807) is 18.2 Å². The van der Waals surface area contributed by atoms with Crippen LogP contribution in [-0.2, 0) is 0 Å². The van der Waals surface area contributed by atoms with E-state index in [4.69, 9.17) is 26.6 Å². The highest BCUT2D eigenvalue weighted by Crippen LogP contribution is 2.34. The average molecular weight is 355 g/mol. The Morgan fingerprint density at radius 1 is 1.29 bits per heavy atom. The van der Waals surface area contributed by atoms with Gasteiger partial charge in [-0.1, -0.05) is 11.6 Å². The third kappa shape index (κ3) is 3.87. The van der Waals surface area contributed by atoms with Crippen LogP contribution in [0, 0.1) is 0 Å². The van der Waals surface area contributed by atoms with Gasteiger partial charge in [-0.2, -0.15) is 0 Å². The molecule has 2 rings (SSSR count). The Hall–Kier alpha value is -2.09. The molecule has 0 radical (unpaired) electrons. The molecule has 0 bridgehead atoms.